The zero-order valence-electron chi connectivity index (χ0n) is 38.7. The lowest BCUT2D eigenvalue weighted by Crippen LogP contribution is -2.74. The van der Waals surface area contributed by atoms with Gasteiger partial charge in [-0.3, -0.25) is 19.2 Å². The topological polar surface area (TPSA) is 208 Å². The molecule has 1 unspecified atom stereocenters. The van der Waals surface area contributed by atoms with E-state index in [4.69, 9.17) is 21.1 Å². The van der Waals surface area contributed by atoms with Crippen LogP contribution in [0.1, 0.15) is 95.6 Å². The molecule has 2 heterocycles. The van der Waals surface area contributed by atoms with Crippen LogP contribution in [0.5, 0.6) is 5.75 Å². The Kier molecular flexibility index (Phi) is 16.1. The summed E-state index contributed by atoms with van der Waals surface area (Å²) in [5, 5.41) is 33.2. The number of halogens is 1. The Morgan fingerprint density at radius 1 is 1.00 bits per heavy atom. The third kappa shape index (κ3) is 12.0. The summed E-state index contributed by atoms with van der Waals surface area (Å²) in [4.78, 5) is 59.3. The van der Waals surface area contributed by atoms with Crippen LogP contribution in [0.4, 0.5) is 5.69 Å². The number of unbranched alkanes of at least 4 members (excludes halogenated alkanes) is 2. The van der Waals surface area contributed by atoms with Gasteiger partial charge in [0.05, 0.1) is 16.7 Å². The molecule has 1 aliphatic carbocycles. The highest BCUT2D eigenvalue weighted by molar-refractivity contribution is 7.09. The molecule has 0 bridgehead atoms. The second kappa shape index (κ2) is 21.4. The lowest BCUT2D eigenvalue weighted by atomic mass is 9.49. The summed E-state index contributed by atoms with van der Waals surface area (Å²) in [7, 11) is 0. The van der Waals surface area contributed by atoms with Crippen molar-refractivity contribution in [1.82, 2.24) is 30.2 Å². The number of aliphatic hydroxyl groups excluding tert-OH is 1. The number of β-amino-alcohol motifs (C(OH)–C–C–N with tert-alkyl or cyclic N) is 1. The number of rotatable bonds is 19. The number of anilines is 1. The molecule has 1 aromatic heterocycles. The van der Waals surface area contributed by atoms with E-state index >= 15 is 0 Å². The highest BCUT2D eigenvalue weighted by Gasteiger charge is 2.64. The standard InChI is InChI=1S/C49H61ClN8O7S/c1-47(2,3)40(44(63)58-27-35(59)23-38(58)42(62)53-26-30-11-13-32(14-12-30)43-54-29-55-66-43)56-39(60)28-64-22-10-8-9-21-52-34-18-15-31(16-19-34)41(61)57-45-48(4,5)46(49(45,6)7)65-36-20-17-33(25-51)37(50)24-36/h11-20,24,29,35,38,40,45-46,52,59H,8-10,21-23,26-28H2,1-7H3,(H,53,62)(H,56,60)(H,57,61)/t35-,38?,40-,45?,46?/m1/s1. The van der Waals surface area contributed by atoms with Crippen molar-refractivity contribution in [1.29, 1.82) is 5.26 Å². The number of nitrogens with one attached hydrogen (secondary N) is 4. The van der Waals surface area contributed by atoms with Crippen LogP contribution in [0.15, 0.2) is 73.1 Å². The first-order valence-electron chi connectivity index (χ1n) is 22.3. The van der Waals surface area contributed by atoms with E-state index in [-0.39, 0.29) is 60.9 Å². The lowest BCUT2D eigenvalue weighted by molar-refractivity contribution is -0.164. The fraction of sp³-hybridized carbons (Fsp3) is 0.490. The fourth-order valence-corrected chi connectivity index (χ4v) is 9.89. The molecule has 2 fully saturated rings. The fourth-order valence-electron chi connectivity index (χ4n) is 9.15. The van der Waals surface area contributed by atoms with E-state index < -0.39 is 35.4 Å². The molecule has 17 heteroatoms. The summed E-state index contributed by atoms with van der Waals surface area (Å²) in [5.74, 6) is -0.841. The zero-order valence-corrected chi connectivity index (χ0v) is 40.2. The van der Waals surface area contributed by atoms with Crippen LogP contribution in [0.3, 0.4) is 0 Å². The average molecular weight is 942 g/mol. The molecule has 5 N–H and O–H groups in total. The van der Waals surface area contributed by atoms with E-state index in [1.54, 1.807) is 30.3 Å². The van der Waals surface area contributed by atoms with Crippen LogP contribution in [0, 0.1) is 27.6 Å². The summed E-state index contributed by atoms with van der Waals surface area (Å²) in [5.41, 5.74) is 2.18. The molecular formula is C49H61ClN8O7S. The molecule has 352 valence electrons. The highest BCUT2D eigenvalue weighted by atomic mass is 35.5. The van der Waals surface area contributed by atoms with Crippen LogP contribution < -0.4 is 26.0 Å². The monoisotopic (exact) mass is 940 g/mol. The molecule has 66 heavy (non-hydrogen) atoms. The smallest absolute Gasteiger partial charge is 0.251 e. The number of likely N-dealkylation sites (tertiary alicyclic amines) is 1. The molecule has 3 aromatic carbocycles. The molecule has 15 nitrogen and oxygen atoms in total. The molecule has 4 amide bonds. The molecule has 3 atom stereocenters. The summed E-state index contributed by atoms with van der Waals surface area (Å²) in [6.07, 6.45) is 2.96. The Labute approximate surface area is 396 Å². The molecule has 6 rings (SSSR count). The van der Waals surface area contributed by atoms with Gasteiger partial charge in [-0.15, -0.1) is 0 Å². The van der Waals surface area contributed by atoms with Gasteiger partial charge >= 0.3 is 0 Å². The van der Waals surface area contributed by atoms with Crippen LogP contribution >= 0.6 is 23.1 Å². The van der Waals surface area contributed by atoms with Crippen molar-refractivity contribution < 1.29 is 33.8 Å². The minimum absolute atomic E-state index is 0.0142. The van der Waals surface area contributed by atoms with E-state index in [1.807, 2.05) is 57.2 Å². The van der Waals surface area contributed by atoms with Gasteiger partial charge in [-0.25, -0.2) is 4.98 Å². The minimum Gasteiger partial charge on any atom is -0.489 e. The number of hydrogen-bond acceptors (Lipinski definition) is 12. The van der Waals surface area contributed by atoms with Gasteiger partial charge < -0.3 is 40.7 Å². The van der Waals surface area contributed by atoms with Crippen LogP contribution in [0.25, 0.3) is 10.6 Å². The Morgan fingerprint density at radius 3 is 2.35 bits per heavy atom. The number of benzene rings is 3. The molecule has 1 aliphatic heterocycles. The number of nitriles is 1. The number of hydrogen-bond donors (Lipinski definition) is 5. The van der Waals surface area contributed by atoms with Gasteiger partial charge in [-0.2, -0.15) is 9.64 Å². The van der Waals surface area contributed by atoms with E-state index in [2.05, 4.69) is 64.4 Å². The average Bonchev–Trinajstić information content (AvgIpc) is 3.97. The van der Waals surface area contributed by atoms with E-state index in [9.17, 15) is 29.5 Å². The first-order chi connectivity index (χ1) is 31.3. The van der Waals surface area contributed by atoms with Gasteiger partial charge in [0.25, 0.3) is 5.91 Å². The van der Waals surface area contributed by atoms with E-state index in [0.29, 0.717) is 35.1 Å². The summed E-state index contributed by atoms with van der Waals surface area (Å²) in [6, 6.07) is 20.1. The first kappa shape index (κ1) is 49.8. The van der Waals surface area contributed by atoms with Crippen molar-refractivity contribution >= 4 is 52.4 Å². The van der Waals surface area contributed by atoms with Crippen LogP contribution in [-0.2, 0) is 25.7 Å². The predicted octanol–water partition coefficient (Wildman–Crippen LogP) is 6.75. The maximum atomic E-state index is 13.9. The molecule has 1 saturated carbocycles. The molecule has 1 saturated heterocycles. The SMILES string of the molecule is CC1(C)C(NC(=O)c2ccc(NCCCCCOCC(=O)N[C@H](C(=O)N3C[C@H](O)CC3C(=O)NCc3ccc(-c4ncns4)cc3)C(C)(C)C)cc2)C(C)(C)C1Oc1ccc(C#N)c(Cl)c1. The number of nitrogens with zero attached hydrogens (tertiary/aromatic N) is 4. The van der Waals surface area contributed by atoms with Crippen molar-refractivity contribution in [2.24, 2.45) is 16.2 Å². The summed E-state index contributed by atoms with van der Waals surface area (Å²) in [6.45, 7) is 14.9. The van der Waals surface area contributed by atoms with Crippen molar-refractivity contribution in [3.63, 3.8) is 0 Å². The van der Waals surface area contributed by atoms with Gasteiger partial charge in [0.2, 0.25) is 17.7 Å². The second-order valence-corrected chi connectivity index (χ2v) is 20.5. The van der Waals surface area contributed by atoms with Crippen LogP contribution in [0.2, 0.25) is 5.02 Å². The number of carbonyl (C=O) groups excluding carboxylic acids is 4. The second-order valence-electron chi connectivity index (χ2n) is 19.3. The minimum atomic E-state index is -0.950. The van der Waals surface area contributed by atoms with E-state index in [1.165, 1.54) is 22.8 Å². The van der Waals surface area contributed by atoms with Crippen molar-refractivity contribution in [2.45, 2.75) is 111 Å². The Bertz CT molecular complexity index is 2350. The summed E-state index contributed by atoms with van der Waals surface area (Å²) < 4.78 is 16.1. The quantitative estimate of drug-likeness (QED) is 0.0622. The Balaban J connectivity index is 0.875. The lowest BCUT2D eigenvalue weighted by Gasteiger charge is -2.63. The molecule has 4 aromatic rings. The first-order valence-corrected chi connectivity index (χ1v) is 23.4. The number of aliphatic hydroxyl groups is 1. The largest absolute Gasteiger partial charge is 0.489 e. The number of carbonyl (C=O) groups is 4. The maximum Gasteiger partial charge on any atom is 0.251 e. The van der Waals surface area contributed by atoms with Gasteiger partial charge in [0, 0.05) is 72.4 Å². The van der Waals surface area contributed by atoms with Gasteiger partial charge in [0.1, 0.15) is 47.9 Å². The number of aromatic nitrogens is 2. The van der Waals surface area contributed by atoms with Crippen molar-refractivity contribution in [2.75, 3.05) is 31.6 Å². The van der Waals surface area contributed by atoms with Crippen molar-refractivity contribution in [3.8, 4) is 22.4 Å². The highest BCUT2D eigenvalue weighted by Crippen LogP contribution is 2.55. The molecular weight excluding hydrogens is 880 g/mol. The van der Waals surface area contributed by atoms with E-state index in [0.717, 1.165) is 41.1 Å². The maximum absolute atomic E-state index is 13.9. The third-order valence-electron chi connectivity index (χ3n) is 12.4. The van der Waals surface area contributed by atoms with Crippen LogP contribution in [-0.4, -0.2) is 99.6 Å². The predicted molar refractivity (Wildman–Crippen MR) is 254 cm³/mol. The summed E-state index contributed by atoms with van der Waals surface area (Å²) >= 11 is 7.53. The molecule has 0 spiro atoms. The van der Waals surface area contributed by atoms with Gasteiger partial charge in [-0.05, 0) is 78.2 Å². The number of ether oxygens (including phenoxy) is 2. The molecule has 2 aliphatic rings. The normalized spacial score (nSPS) is 20.0. The Morgan fingerprint density at radius 2 is 1.71 bits per heavy atom. The van der Waals surface area contributed by atoms with Gasteiger partial charge in [0.15, 0.2) is 0 Å². The zero-order chi connectivity index (χ0) is 47.8. The molecule has 0 radical (unpaired) electrons. The number of amides is 4. The third-order valence-corrected chi connectivity index (χ3v) is 13.4. The Hall–Kier alpha value is -5.60. The van der Waals surface area contributed by atoms with Crippen molar-refractivity contribution in [3.05, 3.63) is 94.8 Å². The van der Waals surface area contributed by atoms with Gasteiger partial charge in [-0.1, -0.05) is 84.3 Å².